The molecule has 0 spiro atoms. The Balaban J connectivity index is 0.00000450. The molecule has 1 fully saturated rings. The van der Waals surface area contributed by atoms with Crippen LogP contribution in [0.2, 0.25) is 0 Å². The van der Waals surface area contributed by atoms with Crippen LogP contribution < -0.4 is 20.1 Å². The van der Waals surface area contributed by atoms with Gasteiger partial charge in [-0.1, -0.05) is 18.6 Å². The number of para-hydroxylation sites is 2. The van der Waals surface area contributed by atoms with Gasteiger partial charge in [-0.05, 0) is 45.2 Å². The van der Waals surface area contributed by atoms with E-state index in [2.05, 4.69) is 15.6 Å². The van der Waals surface area contributed by atoms with Crippen molar-refractivity contribution in [1.82, 2.24) is 15.5 Å². The number of ether oxygens (including phenoxy) is 2. The predicted molar refractivity (Wildman–Crippen MR) is 132 cm³/mol. The average molecular weight is 532 g/mol. The predicted octanol–water partition coefficient (Wildman–Crippen LogP) is 3.43. The van der Waals surface area contributed by atoms with E-state index in [1.165, 1.54) is 0 Å². The molecule has 1 aliphatic rings. The quantitative estimate of drug-likeness (QED) is 0.209. The number of amides is 1. The van der Waals surface area contributed by atoms with Crippen molar-refractivity contribution >= 4 is 35.8 Å². The van der Waals surface area contributed by atoms with E-state index < -0.39 is 0 Å². The first-order valence-corrected chi connectivity index (χ1v) is 10.7. The van der Waals surface area contributed by atoms with Crippen molar-refractivity contribution in [3.8, 4) is 11.5 Å². The minimum atomic E-state index is -0.0866. The third-order valence-corrected chi connectivity index (χ3v) is 4.82. The lowest BCUT2D eigenvalue weighted by molar-refractivity contribution is -0.130. The second-order valence-corrected chi connectivity index (χ2v) is 7.27. The Labute approximate surface area is 198 Å². The van der Waals surface area contributed by atoms with Gasteiger partial charge in [-0.2, -0.15) is 0 Å². The zero-order valence-corrected chi connectivity index (χ0v) is 20.8. The topological polar surface area (TPSA) is 75.2 Å². The minimum absolute atomic E-state index is 0. The normalized spacial score (nSPS) is 15.6. The number of hydrogen-bond acceptors (Lipinski definition) is 4. The summed E-state index contributed by atoms with van der Waals surface area (Å²) < 4.78 is 11.3. The van der Waals surface area contributed by atoms with Crippen molar-refractivity contribution in [3.63, 3.8) is 0 Å². The molecule has 0 aliphatic carbocycles. The Morgan fingerprint density at radius 3 is 2.70 bits per heavy atom. The fourth-order valence-electron chi connectivity index (χ4n) is 3.28. The van der Waals surface area contributed by atoms with Crippen molar-refractivity contribution in [3.05, 3.63) is 24.3 Å². The van der Waals surface area contributed by atoms with Crippen LogP contribution in [0.25, 0.3) is 0 Å². The monoisotopic (exact) mass is 532 g/mol. The van der Waals surface area contributed by atoms with E-state index in [-0.39, 0.29) is 30.1 Å². The number of halogens is 1. The summed E-state index contributed by atoms with van der Waals surface area (Å²) in [6.07, 6.45) is 4.82. The lowest BCUT2D eigenvalue weighted by Gasteiger charge is -2.21. The van der Waals surface area contributed by atoms with Crippen molar-refractivity contribution in [2.24, 2.45) is 4.99 Å². The van der Waals surface area contributed by atoms with E-state index >= 15 is 0 Å². The van der Waals surface area contributed by atoms with Crippen LogP contribution in [0.15, 0.2) is 29.3 Å². The molecule has 1 saturated heterocycles. The number of carbonyl (C=O) groups is 1. The molecule has 0 saturated carbocycles. The number of methoxy groups -OCH3 is 1. The number of guanidine groups is 1. The average Bonchev–Trinajstić information content (AvgIpc) is 2.93. The van der Waals surface area contributed by atoms with Crippen molar-refractivity contribution in [1.29, 1.82) is 0 Å². The molecule has 0 bridgehead atoms. The molecule has 1 amide bonds. The summed E-state index contributed by atoms with van der Waals surface area (Å²) in [7, 11) is 1.64. The fourth-order valence-corrected chi connectivity index (χ4v) is 3.28. The summed E-state index contributed by atoms with van der Waals surface area (Å²) in [6, 6.07) is 7.62. The van der Waals surface area contributed by atoms with E-state index in [0.717, 1.165) is 69.3 Å². The summed E-state index contributed by atoms with van der Waals surface area (Å²) in [5, 5.41) is 6.61. The highest BCUT2D eigenvalue weighted by molar-refractivity contribution is 14.0. The molecule has 1 unspecified atom stereocenters. The molecule has 2 rings (SSSR count). The maximum atomic E-state index is 12.1. The zero-order valence-electron chi connectivity index (χ0n) is 18.5. The molecular formula is C22H37IN4O3. The number of nitrogens with zero attached hydrogens (tertiary/aromatic N) is 2. The Morgan fingerprint density at radius 1 is 1.20 bits per heavy atom. The smallest absolute Gasteiger partial charge is 0.222 e. The van der Waals surface area contributed by atoms with Crippen LogP contribution in [0, 0.1) is 0 Å². The van der Waals surface area contributed by atoms with E-state index in [1.807, 2.05) is 43.0 Å². The molecule has 1 heterocycles. The van der Waals surface area contributed by atoms with Crippen molar-refractivity contribution in [2.45, 2.75) is 52.1 Å². The van der Waals surface area contributed by atoms with Gasteiger partial charge in [0.2, 0.25) is 5.91 Å². The van der Waals surface area contributed by atoms with Crippen LogP contribution in [0.4, 0.5) is 0 Å². The summed E-state index contributed by atoms with van der Waals surface area (Å²) in [4.78, 5) is 18.7. The first-order valence-electron chi connectivity index (χ1n) is 10.7. The van der Waals surface area contributed by atoms with Crippen LogP contribution in [0.3, 0.4) is 0 Å². The van der Waals surface area contributed by atoms with E-state index in [0.29, 0.717) is 18.9 Å². The Bertz CT molecular complexity index is 657. The lowest BCUT2D eigenvalue weighted by atomic mass is 10.2. The highest BCUT2D eigenvalue weighted by atomic mass is 127. The van der Waals surface area contributed by atoms with Gasteiger partial charge in [0.05, 0.1) is 13.7 Å². The molecule has 1 aromatic carbocycles. The van der Waals surface area contributed by atoms with Crippen molar-refractivity contribution in [2.75, 3.05) is 39.8 Å². The first kappa shape index (κ1) is 26.3. The number of carbonyl (C=O) groups excluding carboxylic acids is 1. The van der Waals surface area contributed by atoms with Crippen LogP contribution in [0.5, 0.6) is 11.5 Å². The molecule has 7 nitrogen and oxygen atoms in total. The second-order valence-electron chi connectivity index (χ2n) is 7.27. The SMILES string of the molecule is CCNC(=NCC(C)Oc1ccccc1OC)NCCCN1CCCCCC1=O.I. The molecule has 0 radical (unpaired) electrons. The molecular weight excluding hydrogens is 495 g/mol. The molecule has 1 atom stereocenters. The summed E-state index contributed by atoms with van der Waals surface area (Å²) in [5.74, 6) is 2.50. The van der Waals surface area contributed by atoms with Crippen LogP contribution >= 0.6 is 24.0 Å². The third-order valence-electron chi connectivity index (χ3n) is 4.82. The molecule has 2 N–H and O–H groups in total. The molecule has 170 valence electrons. The summed E-state index contributed by atoms with van der Waals surface area (Å²) >= 11 is 0. The maximum Gasteiger partial charge on any atom is 0.222 e. The van der Waals surface area contributed by atoms with E-state index in [1.54, 1.807) is 7.11 Å². The van der Waals surface area contributed by atoms with Gasteiger partial charge in [-0.25, -0.2) is 4.99 Å². The first-order chi connectivity index (χ1) is 14.1. The third kappa shape index (κ3) is 9.40. The van der Waals surface area contributed by atoms with Crippen LogP contribution in [-0.2, 0) is 4.79 Å². The fraction of sp³-hybridized carbons (Fsp3) is 0.636. The van der Waals surface area contributed by atoms with Gasteiger partial charge in [0.1, 0.15) is 6.10 Å². The lowest BCUT2D eigenvalue weighted by Crippen LogP contribution is -2.40. The van der Waals surface area contributed by atoms with Gasteiger partial charge in [0.25, 0.3) is 0 Å². The van der Waals surface area contributed by atoms with Crippen LogP contribution in [0.1, 0.15) is 46.0 Å². The van der Waals surface area contributed by atoms with Gasteiger partial charge >= 0.3 is 0 Å². The highest BCUT2D eigenvalue weighted by Crippen LogP contribution is 2.26. The number of nitrogens with one attached hydrogen (secondary N) is 2. The van der Waals surface area contributed by atoms with Gasteiger partial charge < -0.3 is 25.0 Å². The molecule has 8 heteroatoms. The van der Waals surface area contributed by atoms with Gasteiger partial charge in [0, 0.05) is 32.6 Å². The summed E-state index contributed by atoms with van der Waals surface area (Å²) in [6.45, 7) is 7.82. The largest absolute Gasteiger partial charge is 0.493 e. The molecule has 0 aromatic heterocycles. The van der Waals surface area contributed by atoms with Gasteiger partial charge in [-0.3, -0.25) is 4.79 Å². The Kier molecular flexibility index (Phi) is 13.3. The van der Waals surface area contributed by atoms with Gasteiger partial charge in [-0.15, -0.1) is 24.0 Å². The number of aliphatic imine (C=N–C) groups is 1. The number of hydrogen-bond donors (Lipinski definition) is 2. The molecule has 1 aromatic rings. The highest BCUT2D eigenvalue weighted by Gasteiger charge is 2.15. The Morgan fingerprint density at radius 2 is 1.97 bits per heavy atom. The maximum absolute atomic E-state index is 12.1. The van der Waals surface area contributed by atoms with Crippen molar-refractivity contribution < 1.29 is 14.3 Å². The number of likely N-dealkylation sites (tertiary alicyclic amines) is 1. The van der Waals surface area contributed by atoms with Gasteiger partial charge in [0.15, 0.2) is 17.5 Å². The molecule has 1 aliphatic heterocycles. The number of rotatable bonds is 10. The van der Waals surface area contributed by atoms with E-state index in [4.69, 9.17) is 9.47 Å². The standard InChI is InChI=1S/C22H36N4O3.HI/c1-4-23-22(24-14-10-16-26-15-9-5-6-13-21(26)27)25-17-18(2)29-20-12-8-7-11-19(20)28-3;/h7-8,11-12,18H,4-6,9-10,13-17H2,1-3H3,(H2,23,24,25);1H. The zero-order chi connectivity index (χ0) is 20.9. The second kappa shape index (κ2) is 15.1. The van der Waals surface area contributed by atoms with Crippen LogP contribution in [-0.4, -0.2) is 62.7 Å². The number of benzene rings is 1. The summed E-state index contributed by atoms with van der Waals surface area (Å²) in [5.41, 5.74) is 0. The molecule has 30 heavy (non-hydrogen) atoms. The Hall–Kier alpha value is -1.71. The minimum Gasteiger partial charge on any atom is -0.493 e. The van der Waals surface area contributed by atoms with E-state index in [9.17, 15) is 4.79 Å².